The van der Waals surface area contributed by atoms with E-state index >= 15 is 0 Å². The molecular formula is C16H31N. The third kappa shape index (κ3) is 3.71. The summed E-state index contributed by atoms with van der Waals surface area (Å²) in [5.74, 6) is 0.994. The van der Waals surface area contributed by atoms with E-state index in [-0.39, 0.29) is 0 Å². The van der Waals surface area contributed by atoms with E-state index in [1.807, 2.05) is 0 Å². The van der Waals surface area contributed by atoms with Crippen molar-refractivity contribution in [1.29, 1.82) is 0 Å². The van der Waals surface area contributed by atoms with Gasteiger partial charge < -0.3 is 5.32 Å². The van der Waals surface area contributed by atoms with E-state index in [9.17, 15) is 0 Å². The average Bonchev–Trinajstić information content (AvgIpc) is 2.91. The van der Waals surface area contributed by atoms with Crippen molar-refractivity contribution in [2.24, 2.45) is 16.7 Å². The lowest BCUT2D eigenvalue weighted by atomic mass is 9.63. The number of rotatable bonds is 4. The SMILES string of the molecule is CCC(NC1CC(C)(C)CC(C)(C)C1)C1CC1. The molecule has 2 saturated carbocycles. The normalized spacial score (nSPS) is 30.2. The topological polar surface area (TPSA) is 12.0 Å². The summed E-state index contributed by atoms with van der Waals surface area (Å²) in [6, 6.07) is 1.55. The quantitative estimate of drug-likeness (QED) is 0.765. The van der Waals surface area contributed by atoms with Crippen molar-refractivity contribution >= 4 is 0 Å². The summed E-state index contributed by atoms with van der Waals surface area (Å²) in [4.78, 5) is 0. The second kappa shape index (κ2) is 4.57. The Labute approximate surface area is 108 Å². The summed E-state index contributed by atoms with van der Waals surface area (Å²) < 4.78 is 0. The van der Waals surface area contributed by atoms with Gasteiger partial charge in [-0.1, -0.05) is 34.6 Å². The molecule has 1 nitrogen and oxygen atoms in total. The van der Waals surface area contributed by atoms with Gasteiger partial charge in [0.15, 0.2) is 0 Å². The Hall–Kier alpha value is -0.0400. The highest BCUT2D eigenvalue weighted by atomic mass is 15.0. The van der Waals surface area contributed by atoms with Gasteiger partial charge in [0.2, 0.25) is 0 Å². The summed E-state index contributed by atoms with van der Waals surface area (Å²) in [5.41, 5.74) is 1.03. The van der Waals surface area contributed by atoms with Gasteiger partial charge in [-0.05, 0) is 55.3 Å². The van der Waals surface area contributed by atoms with Crippen molar-refractivity contribution in [3.63, 3.8) is 0 Å². The molecule has 2 aliphatic carbocycles. The average molecular weight is 237 g/mol. The number of hydrogen-bond donors (Lipinski definition) is 1. The minimum absolute atomic E-state index is 0.515. The fourth-order valence-electron chi connectivity index (χ4n) is 4.35. The molecule has 0 radical (unpaired) electrons. The summed E-state index contributed by atoms with van der Waals surface area (Å²) in [5, 5.41) is 3.98. The predicted molar refractivity (Wildman–Crippen MR) is 75.1 cm³/mol. The van der Waals surface area contributed by atoms with E-state index < -0.39 is 0 Å². The van der Waals surface area contributed by atoms with Crippen molar-refractivity contribution in [1.82, 2.24) is 5.32 Å². The second-order valence-corrected chi connectivity index (χ2v) is 8.13. The van der Waals surface area contributed by atoms with Gasteiger partial charge in [0, 0.05) is 12.1 Å². The second-order valence-electron chi connectivity index (χ2n) is 8.13. The maximum absolute atomic E-state index is 3.98. The molecule has 0 aromatic heterocycles. The van der Waals surface area contributed by atoms with Crippen molar-refractivity contribution in [2.75, 3.05) is 0 Å². The Bertz CT molecular complexity index is 247. The number of nitrogens with one attached hydrogen (secondary N) is 1. The molecule has 2 rings (SSSR count). The van der Waals surface area contributed by atoms with Crippen LogP contribution in [0.2, 0.25) is 0 Å². The van der Waals surface area contributed by atoms with Crippen molar-refractivity contribution in [3.05, 3.63) is 0 Å². The van der Waals surface area contributed by atoms with Crippen LogP contribution < -0.4 is 5.32 Å². The Balaban J connectivity index is 1.95. The molecule has 0 aromatic rings. The van der Waals surface area contributed by atoms with Crippen LogP contribution in [0, 0.1) is 16.7 Å². The third-order valence-electron chi connectivity index (χ3n) is 4.64. The summed E-state index contributed by atoms with van der Waals surface area (Å²) in [7, 11) is 0. The maximum atomic E-state index is 3.98. The molecule has 2 aliphatic rings. The molecule has 0 spiro atoms. The van der Waals surface area contributed by atoms with Gasteiger partial charge in [-0.3, -0.25) is 0 Å². The minimum Gasteiger partial charge on any atom is -0.311 e. The van der Waals surface area contributed by atoms with Gasteiger partial charge in [0.05, 0.1) is 0 Å². The van der Waals surface area contributed by atoms with E-state index in [0.29, 0.717) is 10.8 Å². The van der Waals surface area contributed by atoms with Crippen molar-refractivity contribution in [3.8, 4) is 0 Å². The molecule has 1 unspecified atom stereocenters. The molecule has 2 fully saturated rings. The van der Waals surface area contributed by atoms with Crippen LogP contribution in [-0.4, -0.2) is 12.1 Å². The van der Waals surface area contributed by atoms with Crippen molar-refractivity contribution < 1.29 is 0 Å². The highest BCUT2D eigenvalue weighted by Crippen LogP contribution is 2.46. The van der Waals surface area contributed by atoms with E-state index in [0.717, 1.165) is 18.0 Å². The molecular weight excluding hydrogens is 206 g/mol. The van der Waals surface area contributed by atoms with E-state index in [1.54, 1.807) is 0 Å². The van der Waals surface area contributed by atoms with Crippen LogP contribution >= 0.6 is 0 Å². The van der Waals surface area contributed by atoms with Crippen LogP contribution in [0.4, 0.5) is 0 Å². The van der Waals surface area contributed by atoms with E-state index in [1.165, 1.54) is 38.5 Å². The van der Waals surface area contributed by atoms with Crippen LogP contribution in [0.15, 0.2) is 0 Å². The highest BCUT2D eigenvalue weighted by molar-refractivity contribution is 4.95. The number of hydrogen-bond acceptors (Lipinski definition) is 1. The fourth-order valence-corrected chi connectivity index (χ4v) is 4.35. The minimum atomic E-state index is 0.515. The molecule has 0 saturated heterocycles. The standard InChI is InChI=1S/C16H31N/c1-6-14(12-7-8-12)17-13-9-15(2,3)11-16(4,5)10-13/h12-14,17H,6-11H2,1-5H3. The first kappa shape index (κ1) is 13.4. The van der Waals surface area contributed by atoms with Gasteiger partial charge in [0.25, 0.3) is 0 Å². The summed E-state index contributed by atoms with van der Waals surface area (Å²) >= 11 is 0. The summed E-state index contributed by atoms with van der Waals surface area (Å²) in [6.07, 6.45) is 8.33. The maximum Gasteiger partial charge on any atom is 0.00953 e. The first-order valence-electron chi connectivity index (χ1n) is 7.57. The molecule has 100 valence electrons. The smallest absolute Gasteiger partial charge is 0.00953 e. The molecule has 1 N–H and O–H groups in total. The monoisotopic (exact) mass is 237 g/mol. The Kier molecular flexibility index (Phi) is 3.60. The van der Waals surface area contributed by atoms with Crippen LogP contribution in [0.3, 0.4) is 0 Å². The lowest BCUT2D eigenvalue weighted by molar-refractivity contribution is 0.0785. The molecule has 0 amide bonds. The lowest BCUT2D eigenvalue weighted by Gasteiger charge is -2.46. The van der Waals surface area contributed by atoms with E-state index in [4.69, 9.17) is 0 Å². The Morgan fingerprint density at radius 2 is 1.59 bits per heavy atom. The van der Waals surface area contributed by atoms with Crippen LogP contribution in [-0.2, 0) is 0 Å². The first-order valence-corrected chi connectivity index (χ1v) is 7.57. The fraction of sp³-hybridized carbons (Fsp3) is 1.00. The third-order valence-corrected chi connectivity index (χ3v) is 4.64. The van der Waals surface area contributed by atoms with Crippen LogP contribution in [0.25, 0.3) is 0 Å². The van der Waals surface area contributed by atoms with Crippen LogP contribution in [0.1, 0.15) is 73.1 Å². The van der Waals surface area contributed by atoms with Gasteiger partial charge in [-0.2, -0.15) is 0 Å². The highest BCUT2D eigenvalue weighted by Gasteiger charge is 2.40. The lowest BCUT2D eigenvalue weighted by Crippen LogP contribution is -2.48. The van der Waals surface area contributed by atoms with Crippen molar-refractivity contribution in [2.45, 2.75) is 85.2 Å². The predicted octanol–water partition coefficient (Wildman–Crippen LogP) is 4.37. The molecule has 0 aliphatic heterocycles. The van der Waals surface area contributed by atoms with Gasteiger partial charge >= 0.3 is 0 Å². The van der Waals surface area contributed by atoms with E-state index in [2.05, 4.69) is 39.9 Å². The zero-order valence-corrected chi connectivity index (χ0v) is 12.5. The summed E-state index contributed by atoms with van der Waals surface area (Å²) in [6.45, 7) is 12.1. The molecule has 17 heavy (non-hydrogen) atoms. The molecule has 0 bridgehead atoms. The van der Waals surface area contributed by atoms with Gasteiger partial charge in [-0.25, -0.2) is 0 Å². The first-order chi connectivity index (χ1) is 7.81. The zero-order chi connectivity index (χ0) is 12.7. The van der Waals surface area contributed by atoms with Gasteiger partial charge in [0.1, 0.15) is 0 Å². The molecule has 0 heterocycles. The molecule has 0 aromatic carbocycles. The molecule has 1 heteroatoms. The van der Waals surface area contributed by atoms with Gasteiger partial charge in [-0.15, -0.1) is 0 Å². The zero-order valence-electron chi connectivity index (χ0n) is 12.5. The van der Waals surface area contributed by atoms with Crippen LogP contribution in [0.5, 0.6) is 0 Å². The Morgan fingerprint density at radius 1 is 1.06 bits per heavy atom. The Morgan fingerprint density at radius 3 is 2.00 bits per heavy atom. The molecule has 1 atom stereocenters. The largest absolute Gasteiger partial charge is 0.311 e.